The second-order valence-corrected chi connectivity index (χ2v) is 3.47. The highest BCUT2D eigenvalue weighted by atomic mass is 16.6. The highest BCUT2D eigenvalue weighted by Gasteiger charge is 2.13. The van der Waals surface area contributed by atoms with Crippen LogP contribution in [0.3, 0.4) is 0 Å². The first-order valence-corrected chi connectivity index (χ1v) is 4.68. The van der Waals surface area contributed by atoms with Crippen molar-refractivity contribution in [2.45, 2.75) is 13.0 Å². The fraction of sp³-hybridized carbons (Fsp3) is 0.273. The summed E-state index contributed by atoms with van der Waals surface area (Å²) in [7, 11) is 0. The Kier molecular flexibility index (Phi) is 3.57. The molecule has 2 N–H and O–H groups in total. The van der Waals surface area contributed by atoms with Gasteiger partial charge in [-0.2, -0.15) is 0 Å². The summed E-state index contributed by atoms with van der Waals surface area (Å²) in [6.07, 6.45) is 1.77. The number of hydrogen-bond acceptors (Lipinski definition) is 3. The summed E-state index contributed by atoms with van der Waals surface area (Å²) in [6, 6.07) is 6.13. The summed E-state index contributed by atoms with van der Waals surface area (Å²) in [5.41, 5.74) is 6.90. The van der Waals surface area contributed by atoms with Crippen molar-refractivity contribution in [3.8, 4) is 0 Å². The van der Waals surface area contributed by atoms with Crippen LogP contribution < -0.4 is 5.73 Å². The molecule has 15 heavy (non-hydrogen) atoms. The van der Waals surface area contributed by atoms with Gasteiger partial charge in [-0.25, -0.2) is 0 Å². The molecule has 4 heteroatoms. The number of rotatable bonds is 4. The first-order valence-electron chi connectivity index (χ1n) is 4.68. The van der Waals surface area contributed by atoms with E-state index in [0.29, 0.717) is 0 Å². The van der Waals surface area contributed by atoms with E-state index in [1.807, 2.05) is 6.92 Å². The summed E-state index contributed by atoms with van der Waals surface area (Å²) in [4.78, 5) is 10.0. The molecule has 1 aromatic rings. The second-order valence-electron chi connectivity index (χ2n) is 3.47. The van der Waals surface area contributed by atoms with Gasteiger partial charge in [0.15, 0.2) is 0 Å². The minimum absolute atomic E-state index is 0.0807. The quantitative estimate of drug-likeness (QED) is 0.467. The van der Waals surface area contributed by atoms with Crippen LogP contribution in [0.5, 0.6) is 0 Å². The van der Waals surface area contributed by atoms with E-state index in [2.05, 4.69) is 6.58 Å². The monoisotopic (exact) mass is 206 g/mol. The average Bonchev–Trinajstić information content (AvgIpc) is 2.27. The first kappa shape index (κ1) is 11.4. The second kappa shape index (κ2) is 4.70. The molecule has 0 unspecified atom stereocenters. The van der Waals surface area contributed by atoms with E-state index in [-0.39, 0.29) is 17.6 Å². The van der Waals surface area contributed by atoms with Crippen LogP contribution >= 0.6 is 0 Å². The van der Waals surface area contributed by atoms with E-state index in [9.17, 15) is 10.1 Å². The topological polar surface area (TPSA) is 69.2 Å². The molecule has 0 aliphatic carbocycles. The van der Waals surface area contributed by atoms with Crippen LogP contribution in [0.2, 0.25) is 0 Å². The molecule has 0 saturated heterocycles. The first-order chi connectivity index (χ1) is 7.06. The van der Waals surface area contributed by atoms with E-state index in [0.717, 1.165) is 5.56 Å². The van der Waals surface area contributed by atoms with Gasteiger partial charge in [-0.05, 0) is 11.5 Å². The highest BCUT2D eigenvalue weighted by molar-refractivity contribution is 5.34. The van der Waals surface area contributed by atoms with Crippen LogP contribution in [0.1, 0.15) is 18.5 Å². The Morgan fingerprint density at radius 3 is 2.40 bits per heavy atom. The number of non-ortho nitro benzene ring substituents is 1. The van der Waals surface area contributed by atoms with Crippen molar-refractivity contribution in [2.24, 2.45) is 11.7 Å². The molecule has 0 amide bonds. The fourth-order valence-corrected chi connectivity index (χ4v) is 1.27. The van der Waals surface area contributed by atoms with Gasteiger partial charge in [-0.15, -0.1) is 6.58 Å². The Morgan fingerprint density at radius 2 is 2.00 bits per heavy atom. The largest absolute Gasteiger partial charge is 0.323 e. The van der Waals surface area contributed by atoms with Gasteiger partial charge in [0.25, 0.3) is 5.69 Å². The van der Waals surface area contributed by atoms with Crippen LogP contribution in [0, 0.1) is 16.0 Å². The number of nitro groups is 1. The van der Waals surface area contributed by atoms with E-state index in [4.69, 9.17) is 5.73 Å². The summed E-state index contributed by atoms with van der Waals surface area (Å²) in [6.45, 7) is 5.62. The SMILES string of the molecule is C=C[C@H](C)[C@H](N)c1ccc([N+](=O)[O-])cc1. The van der Waals surface area contributed by atoms with Gasteiger partial charge in [0.1, 0.15) is 0 Å². The van der Waals surface area contributed by atoms with E-state index >= 15 is 0 Å². The van der Waals surface area contributed by atoms with Crippen molar-refractivity contribution in [1.82, 2.24) is 0 Å². The molecule has 80 valence electrons. The fourth-order valence-electron chi connectivity index (χ4n) is 1.27. The molecule has 4 nitrogen and oxygen atoms in total. The minimum Gasteiger partial charge on any atom is -0.323 e. The third-order valence-electron chi connectivity index (χ3n) is 2.43. The van der Waals surface area contributed by atoms with E-state index < -0.39 is 4.92 Å². The molecule has 0 aromatic heterocycles. The Labute approximate surface area is 88.6 Å². The van der Waals surface area contributed by atoms with Crippen molar-refractivity contribution in [2.75, 3.05) is 0 Å². The predicted molar refractivity (Wildman–Crippen MR) is 59.4 cm³/mol. The Morgan fingerprint density at radius 1 is 1.47 bits per heavy atom. The van der Waals surface area contributed by atoms with E-state index in [1.165, 1.54) is 12.1 Å². The predicted octanol–water partition coefficient (Wildman–Crippen LogP) is 2.42. The zero-order valence-electron chi connectivity index (χ0n) is 8.59. The van der Waals surface area contributed by atoms with Gasteiger partial charge in [0.05, 0.1) is 4.92 Å². The third kappa shape index (κ3) is 2.63. The highest BCUT2D eigenvalue weighted by Crippen LogP contribution is 2.22. The van der Waals surface area contributed by atoms with Crippen LogP contribution in [0.15, 0.2) is 36.9 Å². The normalized spacial score (nSPS) is 14.3. The zero-order chi connectivity index (χ0) is 11.4. The van der Waals surface area contributed by atoms with Crippen LogP contribution in [-0.2, 0) is 0 Å². The summed E-state index contributed by atoms with van der Waals surface area (Å²) in [5, 5.41) is 10.4. The van der Waals surface area contributed by atoms with E-state index in [1.54, 1.807) is 18.2 Å². The smallest absolute Gasteiger partial charge is 0.269 e. The van der Waals surface area contributed by atoms with Crippen molar-refractivity contribution in [3.05, 3.63) is 52.6 Å². The molecule has 0 bridgehead atoms. The van der Waals surface area contributed by atoms with Crippen LogP contribution in [-0.4, -0.2) is 4.92 Å². The maximum absolute atomic E-state index is 10.4. The van der Waals surface area contributed by atoms with Crippen molar-refractivity contribution in [1.29, 1.82) is 0 Å². The molecule has 1 rings (SSSR count). The molecular formula is C11H14N2O2. The molecule has 0 saturated carbocycles. The van der Waals surface area contributed by atoms with Gasteiger partial charge in [-0.3, -0.25) is 10.1 Å². The number of benzene rings is 1. The maximum Gasteiger partial charge on any atom is 0.269 e. The Hall–Kier alpha value is -1.68. The lowest BCUT2D eigenvalue weighted by atomic mass is 9.95. The third-order valence-corrected chi connectivity index (χ3v) is 2.43. The molecule has 0 fully saturated rings. The molecule has 0 aliphatic heterocycles. The number of nitrogens with two attached hydrogens (primary N) is 1. The molecule has 1 aromatic carbocycles. The van der Waals surface area contributed by atoms with Gasteiger partial charge >= 0.3 is 0 Å². The van der Waals surface area contributed by atoms with Gasteiger partial charge in [0.2, 0.25) is 0 Å². The standard InChI is InChI=1S/C11H14N2O2/c1-3-8(2)11(12)9-4-6-10(7-5-9)13(14)15/h3-8,11H,1,12H2,2H3/t8-,11-/m0/s1. The van der Waals surface area contributed by atoms with Gasteiger partial charge in [-0.1, -0.05) is 25.1 Å². The number of nitro benzene ring substituents is 1. The maximum atomic E-state index is 10.4. The lowest BCUT2D eigenvalue weighted by Crippen LogP contribution is -2.17. The minimum atomic E-state index is -0.424. The van der Waals surface area contributed by atoms with Gasteiger partial charge in [0, 0.05) is 18.2 Å². The van der Waals surface area contributed by atoms with Crippen molar-refractivity contribution in [3.63, 3.8) is 0 Å². The van der Waals surface area contributed by atoms with Crippen LogP contribution in [0.4, 0.5) is 5.69 Å². The molecule has 0 radical (unpaired) electrons. The lowest BCUT2D eigenvalue weighted by Gasteiger charge is -2.16. The lowest BCUT2D eigenvalue weighted by molar-refractivity contribution is -0.384. The summed E-state index contributed by atoms with van der Waals surface area (Å²) < 4.78 is 0. The molecule has 2 atom stereocenters. The van der Waals surface area contributed by atoms with Crippen molar-refractivity contribution < 1.29 is 4.92 Å². The zero-order valence-corrected chi connectivity index (χ0v) is 8.59. The van der Waals surface area contributed by atoms with Crippen molar-refractivity contribution >= 4 is 5.69 Å². The summed E-state index contributed by atoms with van der Waals surface area (Å²) in [5.74, 6) is 0.145. The Bertz CT molecular complexity index is 359. The van der Waals surface area contributed by atoms with Gasteiger partial charge < -0.3 is 5.73 Å². The molecular weight excluding hydrogens is 192 g/mol. The average molecular weight is 206 g/mol. The summed E-state index contributed by atoms with van der Waals surface area (Å²) >= 11 is 0. The molecule has 0 heterocycles. The molecule has 0 spiro atoms. The molecule has 0 aliphatic rings. The number of nitrogens with zero attached hydrogens (tertiary/aromatic N) is 1. The Balaban J connectivity index is 2.88. The van der Waals surface area contributed by atoms with Crippen LogP contribution in [0.25, 0.3) is 0 Å². The number of hydrogen-bond donors (Lipinski definition) is 1.